The molecule has 0 bridgehead atoms. The summed E-state index contributed by atoms with van der Waals surface area (Å²) in [6.45, 7) is 4.62. The SMILES string of the molecule is CC(C)OC(=O)ON1CCC(Oc2cc(Nc3ccc(C#N)cn3)ncn2)CC1. The van der Waals surface area contributed by atoms with Crippen molar-refractivity contribution in [3.63, 3.8) is 0 Å². The van der Waals surface area contributed by atoms with E-state index in [1.54, 1.807) is 37.1 Å². The number of piperidine rings is 1. The van der Waals surface area contributed by atoms with Crippen molar-refractivity contribution in [3.8, 4) is 11.9 Å². The lowest BCUT2D eigenvalue weighted by Gasteiger charge is -2.30. The van der Waals surface area contributed by atoms with Gasteiger partial charge in [-0.2, -0.15) is 5.26 Å². The zero-order chi connectivity index (χ0) is 20.6. The van der Waals surface area contributed by atoms with Gasteiger partial charge in [-0.1, -0.05) is 0 Å². The molecule has 152 valence electrons. The number of aromatic nitrogens is 3. The van der Waals surface area contributed by atoms with Crippen LogP contribution in [0.1, 0.15) is 32.3 Å². The number of carbonyl (C=O) groups excluding carboxylic acids is 1. The van der Waals surface area contributed by atoms with Gasteiger partial charge in [-0.15, -0.1) is 5.06 Å². The molecule has 10 nitrogen and oxygen atoms in total. The largest absolute Gasteiger partial charge is 0.528 e. The quantitative estimate of drug-likeness (QED) is 0.727. The van der Waals surface area contributed by atoms with Gasteiger partial charge in [0.2, 0.25) is 5.88 Å². The van der Waals surface area contributed by atoms with Crippen molar-refractivity contribution in [2.45, 2.75) is 38.9 Å². The topological polar surface area (TPSA) is 122 Å². The van der Waals surface area contributed by atoms with Gasteiger partial charge in [0, 0.05) is 38.2 Å². The molecule has 1 aliphatic heterocycles. The molecule has 0 spiro atoms. The van der Waals surface area contributed by atoms with Crippen LogP contribution in [-0.4, -0.2) is 51.5 Å². The summed E-state index contributed by atoms with van der Waals surface area (Å²) >= 11 is 0. The van der Waals surface area contributed by atoms with Crippen LogP contribution in [0.3, 0.4) is 0 Å². The molecule has 3 rings (SSSR count). The van der Waals surface area contributed by atoms with Gasteiger partial charge in [-0.25, -0.2) is 19.7 Å². The highest BCUT2D eigenvalue weighted by Crippen LogP contribution is 2.20. The highest BCUT2D eigenvalue weighted by atomic mass is 16.8. The second kappa shape index (κ2) is 9.66. The van der Waals surface area contributed by atoms with E-state index in [-0.39, 0.29) is 12.2 Å². The number of nitriles is 1. The molecule has 1 fully saturated rings. The lowest BCUT2D eigenvalue weighted by atomic mass is 10.1. The smallest absolute Gasteiger partial charge is 0.474 e. The standard InChI is InChI=1S/C19H22N6O4/c1-13(2)27-19(26)29-25-7-5-15(6-8-25)28-18-9-17(22-12-23-18)24-16-4-3-14(10-20)11-21-16/h3-4,9,11-13,15H,5-8H2,1-2H3,(H,21,22,23,24). The van der Waals surface area contributed by atoms with Gasteiger partial charge >= 0.3 is 6.16 Å². The average molecular weight is 398 g/mol. The molecular weight excluding hydrogens is 376 g/mol. The number of hydroxylamine groups is 2. The Morgan fingerprint density at radius 3 is 2.69 bits per heavy atom. The number of hydrogen-bond acceptors (Lipinski definition) is 10. The summed E-state index contributed by atoms with van der Waals surface area (Å²) in [4.78, 5) is 29.2. The van der Waals surface area contributed by atoms with Gasteiger partial charge in [0.25, 0.3) is 0 Å². The summed E-state index contributed by atoms with van der Waals surface area (Å²) < 4.78 is 10.9. The number of carbonyl (C=O) groups is 1. The number of nitrogens with zero attached hydrogens (tertiary/aromatic N) is 5. The van der Waals surface area contributed by atoms with E-state index in [9.17, 15) is 4.79 Å². The first-order valence-electron chi connectivity index (χ1n) is 9.27. The van der Waals surface area contributed by atoms with Crippen molar-refractivity contribution in [2.75, 3.05) is 18.4 Å². The van der Waals surface area contributed by atoms with Crippen molar-refractivity contribution in [1.82, 2.24) is 20.0 Å². The molecule has 2 aromatic heterocycles. The van der Waals surface area contributed by atoms with E-state index in [4.69, 9.17) is 19.6 Å². The summed E-state index contributed by atoms with van der Waals surface area (Å²) in [5.41, 5.74) is 0.482. The Balaban J connectivity index is 1.49. The molecular formula is C19H22N6O4. The Bertz CT molecular complexity index is 860. The number of pyridine rings is 1. The van der Waals surface area contributed by atoms with Crippen molar-refractivity contribution in [2.24, 2.45) is 0 Å². The van der Waals surface area contributed by atoms with Crippen LogP contribution < -0.4 is 10.1 Å². The third-order valence-electron chi connectivity index (χ3n) is 4.01. The first-order valence-corrected chi connectivity index (χ1v) is 9.27. The van der Waals surface area contributed by atoms with Gasteiger partial charge < -0.3 is 19.6 Å². The minimum atomic E-state index is -0.692. The molecule has 0 radical (unpaired) electrons. The summed E-state index contributed by atoms with van der Waals surface area (Å²) in [5.74, 6) is 1.53. The summed E-state index contributed by atoms with van der Waals surface area (Å²) in [6.07, 6.45) is 3.28. The Morgan fingerprint density at radius 1 is 1.24 bits per heavy atom. The van der Waals surface area contributed by atoms with Crippen molar-refractivity contribution in [3.05, 3.63) is 36.3 Å². The van der Waals surface area contributed by atoms with Crippen LogP contribution in [0.2, 0.25) is 0 Å². The van der Waals surface area contributed by atoms with Crippen molar-refractivity contribution >= 4 is 17.8 Å². The normalized spacial score (nSPS) is 14.8. The first-order chi connectivity index (χ1) is 14.0. The lowest BCUT2D eigenvalue weighted by molar-refractivity contribution is -0.151. The molecule has 0 aliphatic carbocycles. The number of rotatable bonds is 6. The van der Waals surface area contributed by atoms with E-state index in [0.29, 0.717) is 49.0 Å². The molecule has 0 atom stereocenters. The molecule has 0 saturated carbocycles. The van der Waals surface area contributed by atoms with Crippen LogP contribution in [-0.2, 0) is 9.57 Å². The molecule has 1 N–H and O–H groups in total. The summed E-state index contributed by atoms with van der Waals surface area (Å²) in [7, 11) is 0. The Labute approximate surface area is 168 Å². The zero-order valence-electron chi connectivity index (χ0n) is 16.2. The molecule has 10 heteroatoms. The van der Waals surface area contributed by atoms with Crippen LogP contribution in [0.5, 0.6) is 5.88 Å². The Kier molecular flexibility index (Phi) is 6.76. The van der Waals surface area contributed by atoms with Crippen LogP contribution in [0, 0.1) is 11.3 Å². The Morgan fingerprint density at radius 2 is 2.03 bits per heavy atom. The molecule has 2 aromatic rings. The monoisotopic (exact) mass is 398 g/mol. The van der Waals surface area contributed by atoms with E-state index >= 15 is 0 Å². The number of nitrogens with one attached hydrogen (secondary N) is 1. The van der Waals surface area contributed by atoms with E-state index in [1.807, 2.05) is 6.07 Å². The van der Waals surface area contributed by atoms with E-state index in [0.717, 1.165) is 0 Å². The van der Waals surface area contributed by atoms with E-state index < -0.39 is 6.16 Å². The highest BCUT2D eigenvalue weighted by Gasteiger charge is 2.24. The fourth-order valence-corrected chi connectivity index (χ4v) is 2.67. The van der Waals surface area contributed by atoms with E-state index in [2.05, 4.69) is 20.3 Å². The molecule has 1 saturated heterocycles. The third kappa shape index (κ3) is 6.29. The number of hydrogen-bond donors (Lipinski definition) is 1. The molecule has 0 amide bonds. The molecule has 0 aromatic carbocycles. The predicted octanol–water partition coefficient (Wildman–Crippen LogP) is 2.81. The zero-order valence-corrected chi connectivity index (χ0v) is 16.2. The van der Waals surface area contributed by atoms with Crippen LogP contribution in [0.4, 0.5) is 16.4 Å². The molecule has 0 unspecified atom stereocenters. The lowest BCUT2D eigenvalue weighted by Crippen LogP contribution is -2.40. The van der Waals surface area contributed by atoms with Crippen molar-refractivity contribution < 1.29 is 19.1 Å². The first kappa shape index (κ1) is 20.3. The van der Waals surface area contributed by atoms with Gasteiger partial charge in [-0.3, -0.25) is 0 Å². The maximum absolute atomic E-state index is 11.6. The van der Waals surface area contributed by atoms with E-state index in [1.165, 1.54) is 12.5 Å². The van der Waals surface area contributed by atoms with Gasteiger partial charge in [-0.05, 0) is 26.0 Å². The maximum atomic E-state index is 11.6. The highest BCUT2D eigenvalue weighted by molar-refractivity contribution is 5.59. The summed E-state index contributed by atoms with van der Waals surface area (Å²) in [6, 6.07) is 7.07. The van der Waals surface area contributed by atoms with Crippen molar-refractivity contribution in [1.29, 1.82) is 5.26 Å². The minimum Gasteiger partial charge on any atom is -0.474 e. The molecule has 3 heterocycles. The molecule has 1 aliphatic rings. The van der Waals surface area contributed by atoms with Gasteiger partial charge in [0.1, 0.15) is 30.1 Å². The fraction of sp³-hybridized carbons (Fsp3) is 0.421. The van der Waals surface area contributed by atoms with Crippen LogP contribution in [0.15, 0.2) is 30.7 Å². The second-order valence-electron chi connectivity index (χ2n) is 6.66. The van der Waals surface area contributed by atoms with Crippen LogP contribution in [0.25, 0.3) is 0 Å². The Hall–Kier alpha value is -3.45. The average Bonchev–Trinajstić information content (AvgIpc) is 2.70. The molecule has 29 heavy (non-hydrogen) atoms. The number of ether oxygens (including phenoxy) is 2. The number of anilines is 2. The maximum Gasteiger partial charge on any atom is 0.528 e. The fourth-order valence-electron chi connectivity index (χ4n) is 2.67. The minimum absolute atomic E-state index is 0.0493. The summed E-state index contributed by atoms with van der Waals surface area (Å²) in [5, 5.41) is 13.4. The van der Waals surface area contributed by atoms with Gasteiger partial charge in [0.05, 0.1) is 11.7 Å². The third-order valence-corrected chi connectivity index (χ3v) is 4.01. The van der Waals surface area contributed by atoms with Crippen LogP contribution >= 0.6 is 0 Å². The predicted molar refractivity (Wildman–Crippen MR) is 102 cm³/mol. The van der Waals surface area contributed by atoms with Gasteiger partial charge in [0.15, 0.2) is 0 Å². The second-order valence-corrected chi connectivity index (χ2v) is 6.66.